The van der Waals surface area contributed by atoms with Crippen molar-refractivity contribution in [3.8, 4) is 5.75 Å². The van der Waals surface area contributed by atoms with Gasteiger partial charge in [-0.1, -0.05) is 91.0 Å². The third-order valence-corrected chi connectivity index (χ3v) is 5.15. The van der Waals surface area contributed by atoms with E-state index in [-0.39, 0.29) is 11.8 Å². The second-order valence-electron chi connectivity index (χ2n) is 7.35. The molecule has 1 N–H and O–H groups in total. The molecule has 0 aliphatic heterocycles. The van der Waals surface area contributed by atoms with Crippen LogP contribution in [0.2, 0.25) is 0 Å². The molecular formula is C28H25NO2. The largest absolute Gasteiger partial charge is 0.493 e. The zero-order valence-electron chi connectivity index (χ0n) is 17.3. The van der Waals surface area contributed by atoms with Crippen LogP contribution in [0.4, 0.5) is 5.69 Å². The fraction of sp³-hybridized carbons (Fsp3) is 0.107. The fourth-order valence-electron chi connectivity index (χ4n) is 3.57. The van der Waals surface area contributed by atoms with Crippen LogP contribution in [0, 0.1) is 0 Å². The van der Waals surface area contributed by atoms with Gasteiger partial charge in [-0.15, -0.1) is 0 Å². The SMILES string of the molecule is O=C(Nc1ccc(OCCc2ccccc2)cc1)C(c1ccccc1)c1ccccc1. The van der Waals surface area contributed by atoms with Crippen LogP contribution in [0.15, 0.2) is 115 Å². The maximum absolute atomic E-state index is 13.2. The molecule has 0 saturated heterocycles. The lowest BCUT2D eigenvalue weighted by molar-refractivity contribution is -0.116. The minimum Gasteiger partial charge on any atom is -0.493 e. The second-order valence-corrected chi connectivity index (χ2v) is 7.35. The molecule has 3 nitrogen and oxygen atoms in total. The molecule has 0 spiro atoms. The van der Waals surface area contributed by atoms with Crippen LogP contribution in [0.25, 0.3) is 0 Å². The molecule has 0 aliphatic rings. The number of carbonyl (C=O) groups is 1. The van der Waals surface area contributed by atoms with Crippen molar-refractivity contribution < 1.29 is 9.53 Å². The van der Waals surface area contributed by atoms with Crippen LogP contribution in [0.3, 0.4) is 0 Å². The maximum Gasteiger partial charge on any atom is 0.236 e. The first kappa shape index (κ1) is 20.4. The first-order valence-electron chi connectivity index (χ1n) is 10.5. The Bertz CT molecular complexity index is 1040. The van der Waals surface area contributed by atoms with Crippen LogP contribution < -0.4 is 10.1 Å². The summed E-state index contributed by atoms with van der Waals surface area (Å²) in [6.07, 6.45) is 0.856. The summed E-state index contributed by atoms with van der Waals surface area (Å²) in [5.41, 5.74) is 3.93. The molecule has 0 heterocycles. The van der Waals surface area contributed by atoms with Gasteiger partial charge in [-0.3, -0.25) is 4.79 Å². The van der Waals surface area contributed by atoms with Gasteiger partial charge in [0, 0.05) is 12.1 Å². The second kappa shape index (κ2) is 10.3. The molecule has 1 amide bonds. The van der Waals surface area contributed by atoms with Crippen molar-refractivity contribution in [2.45, 2.75) is 12.3 Å². The molecule has 0 unspecified atom stereocenters. The van der Waals surface area contributed by atoms with Crippen molar-refractivity contribution in [3.05, 3.63) is 132 Å². The third kappa shape index (κ3) is 5.61. The molecule has 0 aromatic heterocycles. The molecule has 3 heteroatoms. The summed E-state index contributed by atoms with van der Waals surface area (Å²) in [6.45, 7) is 0.611. The highest BCUT2D eigenvalue weighted by atomic mass is 16.5. The molecule has 0 aliphatic carbocycles. The van der Waals surface area contributed by atoms with E-state index in [9.17, 15) is 4.79 Å². The summed E-state index contributed by atoms with van der Waals surface area (Å²) in [4.78, 5) is 13.2. The first-order valence-corrected chi connectivity index (χ1v) is 10.5. The van der Waals surface area contributed by atoms with Crippen molar-refractivity contribution in [2.24, 2.45) is 0 Å². The molecule has 0 radical (unpaired) electrons. The lowest BCUT2D eigenvalue weighted by Gasteiger charge is -2.18. The molecule has 4 rings (SSSR count). The van der Waals surface area contributed by atoms with Gasteiger partial charge < -0.3 is 10.1 Å². The summed E-state index contributed by atoms with van der Waals surface area (Å²) in [5.74, 6) is 0.357. The predicted molar refractivity (Wildman–Crippen MR) is 125 cm³/mol. The summed E-state index contributed by atoms with van der Waals surface area (Å²) < 4.78 is 5.84. The van der Waals surface area contributed by atoms with E-state index in [1.54, 1.807) is 0 Å². The summed E-state index contributed by atoms with van der Waals surface area (Å²) in [7, 11) is 0. The maximum atomic E-state index is 13.2. The predicted octanol–water partition coefficient (Wildman–Crippen LogP) is 6.08. The topological polar surface area (TPSA) is 38.3 Å². The summed E-state index contributed by atoms with van der Waals surface area (Å²) in [5, 5.41) is 3.05. The van der Waals surface area contributed by atoms with E-state index in [4.69, 9.17) is 4.74 Å². The number of carbonyl (C=O) groups excluding carboxylic acids is 1. The van der Waals surface area contributed by atoms with E-state index in [2.05, 4.69) is 17.4 Å². The lowest BCUT2D eigenvalue weighted by Crippen LogP contribution is -2.22. The van der Waals surface area contributed by atoms with E-state index >= 15 is 0 Å². The molecule has 31 heavy (non-hydrogen) atoms. The van der Waals surface area contributed by atoms with E-state index in [1.807, 2.05) is 103 Å². The number of ether oxygens (including phenoxy) is 1. The number of anilines is 1. The van der Waals surface area contributed by atoms with E-state index in [1.165, 1.54) is 5.56 Å². The first-order chi connectivity index (χ1) is 15.3. The molecular weight excluding hydrogens is 382 g/mol. The smallest absolute Gasteiger partial charge is 0.236 e. The van der Waals surface area contributed by atoms with Gasteiger partial charge in [0.25, 0.3) is 0 Å². The fourth-order valence-corrected chi connectivity index (χ4v) is 3.57. The van der Waals surface area contributed by atoms with E-state index in [0.717, 1.165) is 29.0 Å². The normalized spacial score (nSPS) is 10.6. The van der Waals surface area contributed by atoms with Crippen molar-refractivity contribution >= 4 is 11.6 Å². The zero-order chi connectivity index (χ0) is 21.3. The van der Waals surface area contributed by atoms with E-state index < -0.39 is 0 Å². The van der Waals surface area contributed by atoms with Gasteiger partial charge in [0.05, 0.1) is 12.5 Å². The quantitative estimate of drug-likeness (QED) is 0.384. The Hall–Kier alpha value is -3.85. The molecule has 0 saturated carbocycles. The zero-order valence-corrected chi connectivity index (χ0v) is 17.3. The highest BCUT2D eigenvalue weighted by Crippen LogP contribution is 2.26. The minimum absolute atomic E-state index is 0.0601. The van der Waals surface area contributed by atoms with Crippen LogP contribution in [0.5, 0.6) is 5.75 Å². The van der Waals surface area contributed by atoms with Crippen LogP contribution in [-0.2, 0) is 11.2 Å². The summed E-state index contributed by atoms with van der Waals surface area (Å²) in [6, 6.07) is 37.5. The van der Waals surface area contributed by atoms with Crippen molar-refractivity contribution in [1.82, 2.24) is 0 Å². The molecule has 4 aromatic rings. The Morgan fingerprint density at radius 3 is 1.74 bits per heavy atom. The van der Waals surface area contributed by atoms with Gasteiger partial charge in [-0.05, 0) is 41.0 Å². The number of rotatable bonds is 8. The Kier molecular flexibility index (Phi) is 6.76. The number of hydrogen-bond donors (Lipinski definition) is 1. The Morgan fingerprint density at radius 1 is 0.677 bits per heavy atom. The highest BCUT2D eigenvalue weighted by molar-refractivity contribution is 5.98. The average Bonchev–Trinajstić information content (AvgIpc) is 2.82. The van der Waals surface area contributed by atoms with Gasteiger partial charge in [0.1, 0.15) is 5.75 Å². The summed E-state index contributed by atoms with van der Waals surface area (Å²) >= 11 is 0. The van der Waals surface area contributed by atoms with Gasteiger partial charge in [-0.25, -0.2) is 0 Å². The molecule has 154 valence electrons. The van der Waals surface area contributed by atoms with Gasteiger partial charge >= 0.3 is 0 Å². The number of nitrogens with one attached hydrogen (secondary N) is 1. The number of benzene rings is 4. The monoisotopic (exact) mass is 407 g/mol. The highest BCUT2D eigenvalue weighted by Gasteiger charge is 2.22. The van der Waals surface area contributed by atoms with Crippen molar-refractivity contribution in [2.75, 3.05) is 11.9 Å². The molecule has 0 atom stereocenters. The van der Waals surface area contributed by atoms with Crippen molar-refractivity contribution in [3.63, 3.8) is 0 Å². The lowest BCUT2D eigenvalue weighted by atomic mass is 9.90. The third-order valence-electron chi connectivity index (χ3n) is 5.15. The Morgan fingerprint density at radius 2 is 1.19 bits per heavy atom. The molecule has 0 bridgehead atoms. The van der Waals surface area contributed by atoms with Gasteiger partial charge in [0.15, 0.2) is 0 Å². The van der Waals surface area contributed by atoms with Gasteiger partial charge in [0.2, 0.25) is 5.91 Å². The Labute approximate surface area is 183 Å². The van der Waals surface area contributed by atoms with Crippen molar-refractivity contribution in [1.29, 1.82) is 0 Å². The van der Waals surface area contributed by atoms with E-state index in [0.29, 0.717) is 6.61 Å². The minimum atomic E-state index is -0.371. The Balaban J connectivity index is 1.41. The average molecular weight is 408 g/mol. The number of amides is 1. The molecule has 0 fully saturated rings. The van der Waals surface area contributed by atoms with Gasteiger partial charge in [-0.2, -0.15) is 0 Å². The number of hydrogen-bond acceptors (Lipinski definition) is 2. The van der Waals surface area contributed by atoms with Crippen LogP contribution >= 0.6 is 0 Å². The standard InChI is InChI=1S/C28H25NO2/c30-28(27(23-12-6-2-7-13-23)24-14-8-3-9-15-24)29-25-16-18-26(19-17-25)31-21-20-22-10-4-1-5-11-22/h1-19,27H,20-21H2,(H,29,30). The van der Waals surface area contributed by atoms with Crippen LogP contribution in [0.1, 0.15) is 22.6 Å². The molecule has 4 aromatic carbocycles. The van der Waals surface area contributed by atoms with Crippen LogP contribution in [-0.4, -0.2) is 12.5 Å².